The minimum Gasteiger partial charge on any atom is -0.341 e. The van der Waals surface area contributed by atoms with E-state index in [4.69, 9.17) is 0 Å². The van der Waals surface area contributed by atoms with Crippen molar-refractivity contribution in [1.29, 1.82) is 0 Å². The van der Waals surface area contributed by atoms with E-state index >= 15 is 0 Å². The van der Waals surface area contributed by atoms with Gasteiger partial charge in [0.15, 0.2) is 0 Å². The number of carbonyl (C=O) groups excluding carboxylic acids is 3. The first kappa shape index (κ1) is 19.2. The molecule has 1 saturated carbocycles. The Morgan fingerprint density at radius 2 is 1.69 bits per heavy atom. The molecule has 3 rings (SSSR count). The summed E-state index contributed by atoms with van der Waals surface area (Å²) in [5, 5.41) is 2.95. The van der Waals surface area contributed by atoms with Crippen LogP contribution >= 0.6 is 0 Å². The summed E-state index contributed by atoms with van der Waals surface area (Å²) in [6.07, 6.45) is 7.86. The Labute approximate surface area is 156 Å². The Morgan fingerprint density at radius 1 is 1.08 bits per heavy atom. The SMILES string of the molecule is C[C@H]1CC(C)(C)C[C@]2(C1)NC(=O)N(CC(=O)N1CCCCCCC1)C2=O. The van der Waals surface area contributed by atoms with Gasteiger partial charge in [0.25, 0.3) is 5.91 Å². The summed E-state index contributed by atoms with van der Waals surface area (Å²) in [7, 11) is 0. The van der Waals surface area contributed by atoms with Gasteiger partial charge in [0.2, 0.25) is 5.91 Å². The zero-order chi connectivity index (χ0) is 18.9. The van der Waals surface area contributed by atoms with Crippen LogP contribution in [-0.2, 0) is 9.59 Å². The highest BCUT2D eigenvalue weighted by molar-refractivity contribution is 6.09. The van der Waals surface area contributed by atoms with E-state index in [1.54, 1.807) is 0 Å². The van der Waals surface area contributed by atoms with E-state index in [2.05, 4.69) is 26.1 Å². The van der Waals surface area contributed by atoms with E-state index in [0.29, 0.717) is 18.8 Å². The van der Waals surface area contributed by atoms with Gasteiger partial charge in [-0.2, -0.15) is 0 Å². The first-order valence-corrected chi connectivity index (χ1v) is 10.1. The lowest BCUT2D eigenvalue weighted by atomic mass is 9.64. The predicted octanol–water partition coefficient (Wildman–Crippen LogP) is 2.92. The molecule has 6 nitrogen and oxygen atoms in total. The zero-order valence-corrected chi connectivity index (χ0v) is 16.5. The highest BCUT2D eigenvalue weighted by Crippen LogP contribution is 2.46. The number of nitrogens with one attached hydrogen (secondary N) is 1. The van der Waals surface area contributed by atoms with E-state index in [1.165, 1.54) is 6.42 Å². The molecule has 4 amide bonds. The predicted molar refractivity (Wildman–Crippen MR) is 99.4 cm³/mol. The van der Waals surface area contributed by atoms with Crippen LogP contribution in [0.1, 0.15) is 72.1 Å². The van der Waals surface area contributed by atoms with Gasteiger partial charge in [0, 0.05) is 13.1 Å². The van der Waals surface area contributed by atoms with Crippen LogP contribution in [0.3, 0.4) is 0 Å². The lowest BCUT2D eigenvalue weighted by Gasteiger charge is -2.43. The molecule has 0 aromatic carbocycles. The van der Waals surface area contributed by atoms with Gasteiger partial charge in [-0.15, -0.1) is 0 Å². The van der Waals surface area contributed by atoms with E-state index < -0.39 is 11.6 Å². The smallest absolute Gasteiger partial charge is 0.325 e. The molecule has 0 aromatic rings. The molecule has 2 aliphatic heterocycles. The average molecular weight is 364 g/mol. The van der Waals surface area contributed by atoms with Gasteiger partial charge >= 0.3 is 6.03 Å². The summed E-state index contributed by atoms with van der Waals surface area (Å²) >= 11 is 0. The van der Waals surface area contributed by atoms with E-state index in [1.807, 2.05) is 4.90 Å². The third-order valence-corrected chi connectivity index (χ3v) is 6.13. The van der Waals surface area contributed by atoms with E-state index in [-0.39, 0.29) is 23.8 Å². The molecule has 1 N–H and O–H groups in total. The number of urea groups is 1. The molecule has 0 aromatic heterocycles. The molecule has 3 aliphatic rings. The number of amides is 4. The Bertz CT molecular complexity index is 581. The van der Waals surface area contributed by atoms with Gasteiger partial charge in [-0.05, 0) is 43.4 Å². The fourth-order valence-electron chi connectivity index (χ4n) is 5.38. The Hall–Kier alpha value is -1.59. The second-order valence-corrected chi connectivity index (χ2v) is 9.41. The summed E-state index contributed by atoms with van der Waals surface area (Å²) in [5.41, 5.74) is -0.821. The molecule has 0 unspecified atom stereocenters. The Kier molecular flexibility index (Phi) is 5.31. The van der Waals surface area contributed by atoms with Crippen molar-refractivity contribution in [1.82, 2.24) is 15.1 Å². The van der Waals surface area contributed by atoms with Crippen LogP contribution in [0.4, 0.5) is 4.79 Å². The summed E-state index contributed by atoms with van der Waals surface area (Å²) in [5.74, 6) is 0.0612. The quantitative estimate of drug-likeness (QED) is 0.767. The van der Waals surface area contributed by atoms with Crippen LogP contribution in [0.25, 0.3) is 0 Å². The highest BCUT2D eigenvalue weighted by Gasteiger charge is 2.56. The van der Waals surface area contributed by atoms with Gasteiger partial charge in [-0.3, -0.25) is 14.5 Å². The van der Waals surface area contributed by atoms with Crippen molar-refractivity contribution in [3.63, 3.8) is 0 Å². The standard InChI is InChI=1S/C20H33N3O3/c1-15-11-19(2,3)14-20(12-15)17(25)23(18(26)21-20)13-16(24)22-9-7-5-4-6-8-10-22/h15H,4-14H2,1-3H3,(H,21,26)/t15-,20-/m0/s1. The third-order valence-electron chi connectivity index (χ3n) is 6.13. The number of nitrogens with zero attached hydrogens (tertiary/aromatic N) is 2. The van der Waals surface area contributed by atoms with Gasteiger partial charge in [-0.1, -0.05) is 40.0 Å². The lowest BCUT2D eigenvalue weighted by molar-refractivity contribution is -0.141. The summed E-state index contributed by atoms with van der Waals surface area (Å²) < 4.78 is 0. The fourth-order valence-corrected chi connectivity index (χ4v) is 5.38. The van der Waals surface area contributed by atoms with E-state index in [0.717, 1.165) is 50.1 Å². The average Bonchev–Trinajstić information content (AvgIpc) is 2.68. The van der Waals surface area contributed by atoms with Gasteiger partial charge in [-0.25, -0.2) is 4.79 Å². The number of imide groups is 1. The minimum atomic E-state index is -0.825. The normalized spacial score (nSPS) is 32.3. The molecular formula is C20H33N3O3. The van der Waals surface area contributed by atoms with Gasteiger partial charge in [0.1, 0.15) is 12.1 Å². The topological polar surface area (TPSA) is 69.7 Å². The van der Waals surface area contributed by atoms with Crippen LogP contribution < -0.4 is 5.32 Å². The van der Waals surface area contributed by atoms with Crippen molar-refractivity contribution in [3.8, 4) is 0 Å². The zero-order valence-electron chi connectivity index (χ0n) is 16.5. The van der Waals surface area contributed by atoms with E-state index in [9.17, 15) is 14.4 Å². The first-order chi connectivity index (χ1) is 12.2. The lowest BCUT2D eigenvalue weighted by Crippen LogP contribution is -2.54. The molecule has 1 spiro atoms. The Balaban J connectivity index is 1.70. The molecule has 146 valence electrons. The van der Waals surface area contributed by atoms with Gasteiger partial charge in [0.05, 0.1) is 0 Å². The molecule has 0 radical (unpaired) electrons. The van der Waals surface area contributed by atoms with Crippen molar-refractivity contribution in [2.75, 3.05) is 19.6 Å². The van der Waals surface area contributed by atoms with Crippen molar-refractivity contribution < 1.29 is 14.4 Å². The largest absolute Gasteiger partial charge is 0.341 e. The first-order valence-electron chi connectivity index (χ1n) is 10.1. The molecule has 3 fully saturated rings. The number of likely N-dealkylation sites (tertiary alicyclic amines) is 1. The summed E-state index contributed by atoms with van der Waals surface area (Å²) in [6, 6.07) is -0.403. The van der Waals surface area contributed by atoms with Crippen LogP contribution in [0.2, 0.25) is 0 Å². The number of carbonyl (C=O) groups is 3. The maximum atomic E-state index is 13.1. The molecule has 2 heterocycles. The fraction of sp³-hybridized carbons (Fsp3) is 0.850. The maximum absolute atomic E-state index is 13.1. The number of hydrogen-bond donors (Lipinski definition) is 1. The summed E-state index contributed by atoms with van der Waals surface area (Å²) in [6.45, 7) is 7.78. The summed E-state index contributed by atoms with van der Waals surface area (Å²) in [4.78, 5) is 41.4. The molecule has 0 bridgehead atoms. The van der Waals surface area contributed by atoms with Crippen LogP contribution in [0, 0.1) is 11.3 Å². The molecular weight excluding hydrogens is 330 g/mol. The van der Waals surface area contributed by atoms with Crippen LogP contribution in [0.5, 0.6) is 0 Å². The molecule has 6 heteroatoms. The monoisotopic (exact) mass is 363 g/mol. The van der Waals surface area contributed by atoms with Crippen molar-refractivity contribution in [3.05, 3.63) is 0 Å². The molecule has 2 saturated heterocycles. The number of hydrogen-bond acceptors (Lipinski definition) is 3. The minimum absolute atomic E-state index is 0.00363. The van der Waals surface area contributed by atoms with Gasteiger partial charge < -0.3 is 10.2 Å². The highest BCUT2D eigenvalue weighted by atomic mass is 16.2. The Morgan fingerprint density at radius 3 is 2.31 bits per heavy atom. The second kappa shape index (κ2) is 7.20. The van der Waals surface area contributed by atoms with Crippen LogP contribution in [-0.4, -0.2) is 52.8 Å². The third kappa shape index (κ3) is 3.89. The molecule has 26 heavy (non-hydrogen) atoms. The maximum Gasteiger partial charge on any atom is 0.325 e. The molecule has 1 aliphatic carbocycles. The molecule has 2 atom stereocenters. The van der Waals surface area contributed by atoms with Crippen LogP contribution in [0.15, 0.2) is 0 Å². The number of rotatable bonds is 2. The van der Waals surface area contributed by atoms with Crippen molar-refractivity contribution in [2.45, 2.75) is 77.7 Å². The second-order valence-electron chi connectivity index (χ2n) is 9.41. The van der Waals surface area contributed by atoms with Crippen molar-refractivity contribution >= 4 is 17.8 Å². The van der Waals surface area contributed by atoms with Crippen molar-refractivity contribution in [2.24, 2.45) is 11.3 Å².